The molecule has 4 rings (SSSR count). The number of benzene rings is 3. The molecule has 0 aliphatic heterocycles. The molecule has 1 aliphatic rings. The SMILES string of the molecule is Cc1ccc(C2=C(c3ccc([N+](=O)[O-])cc3)C(O)c3ccccc32)cc1. The van der Waals surface area contributed by atoms with Crippen LogP contribution in [-0.2, 0) is 0 Å². The van der Waals surface area contributed by atoms with Crippen LogP contribution in [0.5, 0.6) is 0 Å². The van der Waals surface area contributed by atoms with Gasteiger partial charge in [-0.3, -0.25) is 10.1 Å². The minimum atomic E-state index is -0.760. The van der Waals surface area contributed by atoms with Crippen molar-refractivity contribution in [3.63, 3.8) is 0 Å². The highest BCUT2D eigenvalue weighted by Crippen LogP contribution is 2.48. The van der Waals surface area contributed by atoms with Crippen molar-refractivity contribution in [2.45, 2.75) is 13.0 Å². The Kier molecular flexibility index (Phi) is 3.90. The molecule has 0 spiro atoms. The van der Waals surface area contributed by atoms with Crippen molar-refractivity contribution in [3.8, 4) is 0 Å². The third-order valence-electron chi connectivity index (χ3n) is 4.80. The van der Waals surface area contributed by atoms with Gasteiger partial charge in [0.05, 0.1) is 4.92 Å². The summed E-state index contributed by atoms with van der Waals surface area (Å²) in [5.41, 5.74) is 6.62. The second-order valence-electron chi connectivity index (χ2n) is 6.45. The first-order chi connectivity index (χ1) is 12.6. The number of nitrogens with zero attached hydrogens (tertiary/aromatic N) is 1. The Hall–Kier alpha value is -3.24. The van der Waals surface area contributed by atoms with E-state index in [0.29, 0.717) is 0 Å². The molecule has 0 heterocycles. The lowest BCUT2D eigenvalue weighted by Gasteiger charge is -2.12. The maximum absolute atomic E-state index is 11.0. The smallest absolute Gasteiger partial charge is 0.269 e. The summed E-state index contributed by atoms with van der Waals surface area (Å²) in [7, 11) is 0. The van der Waals surface area contributed by atoms with Crippen molar-refractivity contribution in [1.82, 2.24) is 0 Å². The van der Waals surface area contributed by atoms with E-state index in [9.17, 15) is 15.2 Å². The van der Waals surface area contributed by atoms with E-state index in [-0.39, 0.29) is 5.69 Å². The van der Waals surface area contributed by atoms with Crippen molar-refractivity contribution in [1.29, 1.82) is 0 Å². The van der Waals surface area contributed by atoms with Crippen LogP contribution in [0.2, 0.25) is 0 Å². The molecule has 4 nitrogen and oxygen atoms in total. The van der Waals surface area contributed by atoms with E-state index in [1.807, 2.05) is 55.5 Å². The Labute approximate surface area is 151 Å². The van der Waals surface area contributed by atoms with Crippen LogP contribution < -0.4 is 0 Å². The molecule has 0 amide bonds. The second-order valence-corrected chi connectivity index (χ2v) is 6.45. The summed E-state index contributed by atoms with van der Waals surface area (Å²) >= 11 is 0. The fourth-order valence-corrected chi connectivity index (χ4v) is 3.50. The topological polar surface area (TPSA) is 63.4 Å². The standard InChI is InChI=1S/C22H17NO3/c1-14-6-8-15(9-7-14)20-18-4-2-3-5-19(18)22(24)21(20)16-10-12-17(13-11-16)23(25)26/h2-13,22,24H,1H3. The summed E-state index contributed by atoms with van der Waals surface area (Å²) in [5.74, 6) is 0. The highest BCUT2D eigenvalue weighted by atomic mass is 16.6. The van der Waals surface area contributed by atoms with E-state index < -0.39 is 11.0 Å². The predicted molar refractivity (Wildman–Crippen MR) is 102 cm³/mol. The fourth-order valence-electron chi connectivity index (χ4n) is 3.50. The molecule has 0 aromatic heterocycles. The molecule has 0 saturated heterocycles. The van der Waals surface area contributed by atoms with Crippen molar-refractivity contribution >= 4 is 16.8 Å². The highest BCUT2D eigenvalue weighted by molar-refractivity contribution is 6.05. The lowest BCUT2D eigenvalue weighted by atomic mass is 9.93. The Morgan fingerprint density at radius 3 is 2.15 bits per heavy atom. The first-order valence-corrected chi connectivity index (χ1v) is 8.39. The van der Waals surface area contributed by atoms with E-state index in [1.165, 1.54) is 12.1 Å². The zero-order valence-corrected chi connectivity index (χ0v) is 14.2. The van der Waals surface area contributed by atoms with E-state index in [2.05, 4.69) is 0 Å². The minimum Gasteiger partial charge on any atom is -0.384 e. The number of fused-ring (bicyclic) bond motifs is 1. The summed E-state index contributed by atoms with van der Waals surface area (Å²) in [5, 5.41) is 21.9. The van der Waals surface area contributed by atoms with Crippen LogP contribution in [0.25, 0.3) is 11.1 Å². The van der Waals surface area contributed by atoms with Crippen LogP contribution in [0.15, 0.2) is 72.8 Å². The van der Waals surface area contributed by atoms with Gasteiger partial charge in [0.25, 0.3) is 5.69 Å². The van der Waals surface area contributed by atoms with Crippen LogP contribution in [-0.4, -0.2) is 10.0 Å². The molecular weight excluding hydrogens is 326 g/mol. The minimum absolute atomic E-state index is 0.0382. The van der Waals surface area contributed by atoms with Crippen molar-refractivity contribution in [3.05, 3.63) is 111 Å². The molecule has 0 radical (unpaired) electrons. The Balaban J connectivity index is 1.94. The third-order valence-corrected chi connectivity index (χ3v) is 4.80. The van der Waals surface area contributed by atoms with Gasteiger partial charge >= 0.3 is 0 Å². The second kappa shape index (κ2) is 6.24. The number of hydrogen-bond donors (Lipinski definition) is 1. The number of rotatable bonds is 3. The summed E-state index contributed by atoms with van der Waals surface area (Å²) in [6.07, 6.45) is -0.760. The number of aryl methyl sites for hydroxylation is 1. The predicted octanol–water partition coefficient (Wildman–Crippen LogP) is 4.91. The van der Waals surface area contributed by atoms with Gasteiger partial charge in [-0.05, 0) is 46.9 Å². The molecule has 0 fully saturated rings. The summed E-state index contributed by atoms with van der Waals surface area (Å²) in [6, 6.07) is 22.3. The molecule has 1 unspecified atom stereocenters. The molecule has 4 heteroatoms. The van der Waals surface area contributed by atoms with Gasteiger partial charge in [0, 0.05) is 17.7 Å². The fraction of sp³-hybridized carbons (Fsp3) is 0.0909. The Morgan fingerprint density at radius 1 is 0.885 bits per heavy atom. The van der Waals surface area contributed by atoms with Gasteiger partial charge in [-0.2, -0.15) is 0 Å². The largest absolute Gasteiger partial charge is 0.384 e. The quantitative estimate of drug-likeness (QED) is 0.543. The lowest BCUT2D eigenvalue weighted by Crippen LogP contribution is -1.97. The molecule has 26 heavy (non-hydrogen) atoms. The van der Waals surface area contributed by atoms with Gasteiger partial charge in [-0.25, -0.2) is 0 Å². The number of aliphatic hydroxyl groups is 1. The molecule has 1 N–H and O–H groups in total. The van der Waals surface area contributed by atoms with Gasteiger partial charge in [-0.1, -0.05) is 54.1 Å². The van der Waals surface area contributed by atoms with Crippen LogP contribution in [0.1, 0.15) is 33.9 Å². The molecular formula is C22H17NO3. The van der Waals surface area contributed by atoms with Crippen LogP contribution in [0, 0.1) is 17.0 Å². The zero-order chi connectivity index (χ0) is 18.3. The molecule has 0 saturated carbocycles. The van der Waals surface area contributed by atoms with Crippen LogP contribution >= 0.6 is 0 Å². The number of aliphatic hydroxyl groups excluding tert-OH is 1. The van der Waals surface area contributed by atoms with E-state index in [4.69, 9.17) is 0 Å². The summed E-state index contributed by atoms with van der Waals surface area (Å²) in [4.78, 5) is 10.5. The van der Waals surface area contributed by atoms with Crippen molar-refractivity contribution in [2.75, 3.05) is 0 Å². The summed E-state index contributed by atoms with van der Waals surface area (Å²) < 4.78 is 0. The number of nitro benzene ring substituents is 1. The van der Waals surface area contributed by atoms with E-state index in [1.54, 1.807) is 12.1 Å². The van der Waals surface area contributed by atoms with Crippen LogP contribution in [0.3, 0.4) is 0 Å². The number of nitro groups is 1. The zero-order valence-electron chi connectivity index (χ0n) is 14.2. The first-order valence-electron chi connectivity index (χ1n) is 8.39. The average Bonchev–Trinajstić information content (AvgIpc) is 2.95. The van der Waals surface area contributed by atoms with Gasteiger partial charge in [0.1, 0.15) is 6.10 Å². The molecule has 0 bridgehead atoms. The Morgan fingerprint density at radius 2 is 1.50 bits per heavy atom. The monoisotopic (exact) mass is 343 g/mol. The number of hydrogen-bond acceptors (Lipinski definition) is 3. The highest BCUT2D eigenvalue weighted by Gasteiger charge is 2.31. The first kappa shape index (κ1) is 16.2. The molecule has 128 valence electrons. The molecule has 1 aliphatic carbocycles. The van der Waals surface area contributed by atoms with Gasteiger partial charge in [0.2, 0.25) is 0 Å². The van der Waals surface area contributed by atoms with Crippen LogP contribution in [0.4, 0.5) is 5.69 Å². The Bertz CT molecular complexity index is 1020. The van der Waals surface area contributed by atoms with E-state index in [0.717, 1.165) is 39.0 Å². The normalized spacial score (nSPS) is 15.8. The van der Waals surface area contributed by atoms with Crippen molar-refractivity contribution < 1.29 is 10.0 Å². The molecule has 3 aromatic carbocycles. The van der Waals surface area contributed by atoms with Gasteiger partial charge in [-0.15, -0.1) is 0 Å². The number of non-ortho nitro benzene ring substituents is 1. The maximum Gasteiger partial charge on any atom is 0.269 e. The van der Waals surface area contributed by atoms with Gasteiger partial charge in [0.15, 0.2) is 0 Å². The summed E-state index contributed by atoms with van der Waals surface area (Å²) in [6.45, 7) is 2.03. The molecule has 1 atom stereocenters. The maximum atomic E-state index is 11.0. The van der Waals surface area contributed by atoms with Gasteiger partial charge < -0.3 is 5.11 Å². The molecule has 3 aromatic rings. The van der Waals surface area contributed by atoms with E-state index >= 15 is 0 Å². The van der Waals surface area contributed by atoms with Crippen molar-refractivity contribution in [2.24, 2.45) is 0 Å². The average molecular weight is 343 g/mol. The third kappa shape index (κ3) is 2.61. The lowest BCUT2D eigenvalue weighted by molar-refractivity contribution is -0.384.